The normalized spacial score (nSPS) is 11.1. The van der Waals surface area contributed by atoms with Crippen LogP contribution >= 0.6 is 11.3 Å². The van der Waals surface area contributed by atoms with E-state index in [-0.39, 0.29) is 17.2 Å². The lowest BCUT2D eigenvalue weighted by molar-refractivity contribution is -0.121. The van der Waals surface area contributed by atoms with Crippen molar-refractivity contribution in [3.63, 3.8) is 0 Å². The van der Waals surface area contributed by atoms with Gasteiger partial charge < -0.3 is 5.32 Å². The first-order valence-corrected chi connectivity index (χ1v) is 9.22. The van der Waals surface area contributed by atoms with Crippen LogP contribution in [0, 0.1) is 6.92 Å². The second-order valence-electron chi connectivity index (χ2n) is 4.89. The Bertz CT molecular complexity index is 844. The van der Waals surface area contributed by atoms with Crippen LogP contribution in [0.5, 0.6) is 0 Å². The number of anilines is 1. The molecule has 0 unspecified atom stereocenters. The predicted molar refractivity (Wildman–Crippen MR) is 89.8 cm³/mol. The molecule has 1 heterocycles. The number of hydrazine groups is 1. The van der Waals surface area contributed by atoms with Crippen molar-refractivity contribution in [1.82, 2.24) is 15.2 Å². The van der Waals surface area contributed by atoms with Gasteiger partial charge in [0.05, 0.1) is 22.0 Å². The first kappa shape index (κ1) is 18.0. The lowest BCUT2D eigenvalue weighted by atomic mass is 10.3. The third kappa shape index (κ3) is 5.11. The molecule has 1 aromatic heterocycles. The van der Waals surface area contributed by atoms with Crippen LogP contribution < -0.4 is 15.6 Å². The predicted octanol–water partition coefficient (Wildman–Crippen LogP) is 0.962. The average molecular weight is 368 g/mol. The summed E-state index contributed by atoms with van der Waals surface area (Å²) in [5.74, 6) is -0.771. The van der Waals surface area contributed by atoms with E-state index in [1.54, 1.807) is 5.38 Å². The summed E-state index contributed by atoms with van der Waals surface area (Å²) in [6.45, 7) is 3.17. The molecular formula is C14H16N4O4S2. The smallest absolute Gasteiger partial charge is 0.257 e. The van der Waals surface area contributed by atoms with E-state index in [1.807, 2.05) is 11.8 Å². The Morgan fingerprint density at radius 3 is 2.42 bits per heavy atom. The Morgan fingerprint density at radius 2 is 1.88 bits per heavy atom. The van der Waals surface area contributed by atoms with Crippen LogP contribution in [0.25, 0.3) is 0 Å². The number of nitrogens with zero attached hydrogens (tertiary/aromatic N) is 1. The summed E-state index contributed by atoms with van der Waals surface area (Å²) in [5.41, 5.74) is 3.20. The standard InChI is InChI=1S/C14H16N4O4S2/c1-9(19)15-11-3-5-13(6-4-11)24(21,22)18-17-14(20)7-12-8-23-10(2)16-12/h3-6,8,18H,7H2,1-2H3,(H,15,19)(H,17,20). The van der Waals surface area contributed by atoms with E-state index in [9.17, 15) is 18.0 Å². The molecule has 0 aliphatic rings. The van der Waals surface area contributed by atoms with Crippen molar-refractivity contribution in [2.45, 2.75) is 25.2 Å². The van der Waals surface area contributed by atoms with Crippen LogP contribution in [0.15, 0.2) is 34.5 Å². The summed E-state index contributed by atoms with van der Waals surface area (Å²) in [6.07, 6.45) is -0.0195. The number of nitrogens with one attached hydrogen (secondary N) is 3. The van der Waals surface area contributed by atoms with Crippen LogP contribution in [-0.4, -0.2) is 25.2 Å². The number of aromatic nitrogens is 1. The first-order valence-electron chi connectivity index (χ1n) is 6.85. The largest absolute Gasteiger partial charge is 0.326 e. The van der Waals surface area contributed by atoms with Crippen LogP contribution in [0.3, 0.4) is 0 Å². The highest BCUT2D eigenvalue weighted by Crippen LogP contribution is 2.13. The molecule has 0 spiro atoms. The highest BCUT2D eigenvalue weighted by atomic mass is 32.2. The third-order valence-corrected chi connectivity index (χ3v) is 4.90. The van der Waals surface area contributed by atoms with Crippen LogP contribution in [-0.2, 0) is 26.0 Å². The Balaban J connectivity index is 1.95. The van der Waals surface area contributed by atoms with E-state index in [4.69, 9.17) is 0 Å². The molecule has 0 bridgehead atoms. The fourth-order valence-electron chi connectivity index (χ4n) is 1.80. The van der Waals surface area contributed by atoms with Gasteiger partial charge in [-0.3, -0.25) is 15.0 Å². The Hall–Kier alpha value is -2.30. The number of hydrogen-bond donors (Lipinski definition) is 3. The van der Waals surface area contributed by atoms with Crippen molar-refractivity contribution in [2.24, 2.45) is 0 Å². The minimum atomic E-state index is -3.90. The molecule has 0 fully saturated rings. The number of hydrogen-bond acceptors (Lipinski definition) is 6. The van der Waals surface area contributed by atoms with Crippen molar-refractivity contribution in [3.05, 3.63) is 40.3 Å². The molecule has 1 aromatic carbocycles. The van der Waals surface area contributed by atoms with E-state index >= 15 is 0 Å². The summed E-state index contributed by atoms with van der Waals surface area (Å²) in [6, 6.07) is 5.55. The zero-order valence-electron chi connectivity index (χ0n) is 13.0. The van der Waals surface area contributed by atoms with Gasteiger partial charge in [-0.1, -0.05) is 0 Å². The van der Waals surface area contributed by atoms with Crippen LogP contribution in [0.2, 0.25) is 0 Å². The van der Waals surface area contributed by atoms with Gasteiger partial charge in [-0.2, -0.15) is 0 Å². The van der Waals surface area contributed by atoms with Crippen LogP contribution in [0.1, 0.15) is 17.6 Å². The maximum atomic E-state index is 12.1. The number of amides is 2. The molecule has 128 valence electrons. The van der Waals surface area contributed by atoms with Crippen molar-refractivity contribution >= 4 is 38.9 Å². The fraction of sp³-hybridized carbons (Fsp3) is 0.214. The maximum absolute atomic E-state index is 12.1. The van der Waals surface area contributed by atoms with Crippen molar-refractivity contribution < 1.29 is 18.0 Å². The van der Waals surface area contributed by atoms with E-state index in [2.05, 4.69) is 15.7 Å². The molecule has 2 aromatic rings. The Labute approximate surface area is 143 Å². The van der Waals surface area contributed by atoms with Gasteiger partial charge in [0, 0.05) is 18.0 Å². The number of aryl methyl sites for hydroxylation is 1. The monoisotopic (exact) mass is 368 g/mol. The number of benzene rings is 1. The highest BCUT2D eigenvalue weighted by Gasteiger charge is 2.15. The summed E-state index contributed by atoms with van der Waals surface area (Å²) >= 11 is 1.41. The molecule has 0 atom stereocenters. The number of carbonyl (C=O) groups excluding carboxylic acids is 2. The van der Waals surface area contributed by atoms with Gasteiger partial charge in [0.15, 0.2) is 0 Å². The maximum Gasteiger partial charge on any atom is 0.257 e. The minimum Gasteiger partial charge on any atom is -0.326 e. The average Bonchev–Trinajstić information content (AvgIpc) is 2.90. The zero-order chi connectivity index (χ0) is 17.7. The van der Waals surface area contributed by atoms with Crippen LogP contribution in [0.4, 0.5) is 5.69 Å². The number of sulfonamides is 1. The lowest BCUT2D eigenvalue weighted by Gasteiger charge is -2.09. The number of rotatable bonds is 6. The molecule has 24 heavy (non-hydrogen) atoms. The van der Waals surface area contributed by atoms with Gasteiger partial charge in [-0.15, -0.1) is 16.2 Å². The highest BCUT2D eigenvalue weighted by molar-refractivity contribution is 7.89. The molecule has 0 saturated carbocycles. The van der Waals surface area contributed by atoms with Crippen molar-refractivity contribution in [3.8, 4) is 0 Å². The van der Waals surface area contributed by atoms with Gasteiger partial charge in [-0.25, -0.2) is 13.4 Å². The van der Waals surface area contributed by atoms with Gasteiger partial charge in [0.2, 0.25) is 11.8 Å². The third-order valence-electron chi connectivity index (χ3n) is 2.82. The van der Waals surface area contributed by atoms with Gasteiger partial charge in [0.1, 0.15) is 0 Å². The number of thiazole rings is 1. The van der Waals surface area contributed by atoms with E-state index in [0.29, 0.717) is 11.4 Å². The SMILES string of the molecule is CC(=O)Nc1ccc(S(=O)(=O)NNC(=O)Cc2csc(C)n2)cc1. The summed E-state index contributed by atoms with van der Waals surface area (Å²) in [7, 11) is -3.90. The summed E-state index contributed by atoms with van der Waals surface area (Å²) < 4.78 is 24.2. The first-order chi connectivity index (χ1) is 11.3. The molecule has 0 aliphatic carbocycles. The number of carbonyl (C=O) groups is 2. The Kier molecular flexibility index (Phi) is 5.65. The van der Waals surface area contributed by atoms with Crippen molar-refractivity contribution in [2.75, 3.05) is 5.32 Å². The Morgan fingerprint density at radius 1 is 1.21 bits per heavy atom. The molecule has 10 heteroatoms. The van der Waals surface area contributed by atoms with Gasteiger partial charge >= 0.3 is 0 Å². The zero-order valence-corrected chi connectivity index (χ0v) is 14.6. The van der Waals surface area contributed by atoms with Gasteiger partial charge in [0.25, 0.3) is 10.0 Å². The second-order valence-corrected chi connectivity index (χ2v) is 7.64. The molecule has 2 amide bonds. The lowest BCUT2D eigenvalue weighted by Crippen LogP contribution is -2.42. The molecule has 0 saturated heterocycles. The molecule has 2 rings (SSSR count). The quantitative estimate of drug-likeness (QED) is 0.657. The van der Waals surface area contributed by atoms with E-state index in [0.717, 1.165) is 5.01 Å². The molecule has 3 N–H and O–H groups in total. The second kappa shape index (κ2) is 7.51. The minimum absolute atomic E-state index is 0.0195. The fourth-order valence-corrected chi connectivity index (χ4v) is 3.27. The molecular weight excluding hydrogens is 352 g/mol. The summed E-state index contributed by atoms with van der Waals surface area (Å²) in [4.78, 5) is 28.8. The molecule has 0 radical (unpaired) electrons. The molecule has 0 aliphatic heterocycles. The topological polar surface area (TPSA) is 117 Å². The van der Waals surface area contributed by atoms with Gasteiger partial charge in [-0.05, 0) is 31.2 Å². The molecule has 8 nitrogen and oxygen atoms in total. The van der Waals surface area contributed by atoms with E-state index < -0.39 is 15.9 Å². The summed E-state index contributed by atoms with van der Waals surface area (Å²) in [5, 5.41) is 5.10. The van der Waals surface area contributed by atoms with Crippen molar-refractivity contribution in [1.29, 1.82) is 0 Å². The van der Waals surface area contributed by atoms with E-state index in [1.165, 1.54) is 42.5 Å².